The van der Waals surface area contributed by atoms with Gasteiger partial charge in [-0.15, -0.1) is 0 Å². The average Bonchev–Trinajstić information content (AvgIpc) is 2.51. The third-order valence-corrected chi connectivity index (χ3v) is 2.66. The maximum atomic E-state index is 11.4. The normalized spacial score (nSPS) is 13.2. The van der Waals surface area contributed by atoms with Crippen molar-refractivity contribution >= 4 is 29.0 Å². The molecule has 0 saturated heterocycles. The summed E-state index contributed by atoms with van der Waals surface area (Å²) in [5.41, 5.74) is 0.175. The minimum Gasteiger partial charge on any atom is -0.444 e. The Balaban J connectivity index is 2.34. The fourth-order valence-corrected chi connectivity index (χ4v) is 2.05. The van der Waals surface area contributed by atoms with E-state index in [9.17, 15) is 4.79 Å². The summed E-state index contributed by atoms with van der Waals surface area (Å²) in [6.45, 7) is 5.44. The molecule has 5 heteroatoms. The van der Waals surface area contributed by atoms with Gasteiger partial charge in [0, 0.05) is 6.42 Å². The van der Waals surface area contributed by atoms with Crippen LogP contribution in [0.4, 0.5) is 4.79 Å². The molecule has 1 N–H and O–H groups in total. The molecule has 1 atom stereocenters. The average molecular weight is 262 g/mol. The first-order chi connectivity index (χ1) is 7.37. The van der Waals surface area contributed by atoms with Gasteiger partial charge in [-0.05, 0) is 43.2 Å². The van der Waals surface area contributed by atoms with Crippen molar-refractivity contribution in [2.45, 2.75) is 38.3 Å². The van der Waals surface area contributed by atoms with Crippen molar-refractivity contribution in [3.05, 3.63) is 22.4 Å². The van der Waals surface area contributed by atoms with Gasteiger partial charge >= 0.3 is 6.09 Å². The zero-order valence-electron chi connectivity index (χ0n) is 9.62. The fraction of sp³-hybridized carbons (Fsp3) is 0.545. The Bertz CT molecular complexity index is 332. The van der Waals surface area contributed by atoms with E-state index in [4.69, 9.17) is 16.3 Å². The van der Waals surface area contributed by atoms with Gasteiger partial charge in [-0.2, -0.15) is 11.3 Å². The van der Waals surface area contributed by atoms with E-state index in [1.807, 2.05) is 37.6 Å². The van der Waals surface area contributed by atoms with Crippen molar-refractivity contribution in [2.75, 3.05) is 0 Å². The highest BCUT2D eigenvalue weighted by molar-refractivity contribution is 7.07. The minimum atomic E-state index is -0.497. The molecular formula is C11H16ClNO2S. The van der Waals surface area contributed by atoms with Gasteiger partial charge in [0.05, 0.1) is 0 Å². The van der Waals surface area contributed by atoms with Crippen LogP contribution in [0.2, 0.25) is 0 Å². The lowest BCUT2D eigenvalue weighted by Gasteiger charge is -2.21. The molecule has 0 radical (unpaired) electrons. The van der Waals surface area contributed by atoms with Crippen LogP contribution in [0.15, 0.2) is 16.8 Å². The summed E-state index contributed by atoms with van der Waals surface area (Å²) >= 11 is 7.60. The van der Waals surface area contributed by atoms with E-state index in [1.165, 1.54) is 0 Å². The van der Waals surface area contributed by atoms with Gasteiger partial charge < -0.3 is 10.1 Å². The second-order valence-corrected chi connectivity index (χ2v) is 5.76. The molecule has 0 spiro atoms. The van der Waals surface area contributed by atoms with Gasteiger partial charge in [-0.25, -0.2) is 4.79 Å². The first-order valence-corrected chi connectivity index (χ1v) is 6.39. The van der Waals surface area contributed by atoms with Gasteiger partial charge in [0.1, 0.15) is 11.1 Å². The van der Waals surface area contributed by atoms with Crippen LogP contribution in [0.5, 0.6) is 0 Å². The lowest BCUT2D eigenvalue weighted by molar-refractivity contribution is 0.0521. The minimum absolute atomic E-state index is 0.440. The first kappa shape index (κ1) is 13.3. The number of ether oxygens (including phenoxy) is 1. The molecule has 0 fully saturated rings. The predicted octanol–water partition coefficient (Wildman–Crippen LogP) is 3.38. The number of alkyl halides is 1. The Labute approximate surface area is 105 Å². The van der Waals surface area contributed by atoms with Gasteiger partial charge in [-0.1, -0.05) is 11.6 Å². The summed E-state index contributed by atoms with van der Waals surface area (Å²) in [5.74, 6) is 0. The summed E-state index contributed by atoms with van der Waals surface area (Å²) < 4.78 is 5.10. The molecule has 16 heavy (non-hydrogen) atoms. The molecule has 0 bridgehead atoms. The smallest absolute Gasteiger partial charge is 0.408 e. The van der Waals surface area contributed by atoms with Crippen molar-refractivity contribution in [1.29, 1.82) is 0 Å². The van der Waals surface area contributed by atoms with E-state index in [0.29, 0.717) is 6.42 Å². The molecule has 1 heterocycles. The number of carbonyl (C=O) groups excluding carboxylic acids is 1. The van der Waals surface area contributed by atoms with E-state index in [0.717, 1.165) is 5.56 Å². The molecule has 1 amide bonds. The van der Waals surface area contributed by atoms with E-state index >= 15 is 0 Å². The quantitative estimate of drug-likeness (QED) is 0.669. The highest BCUT2D eigenvalue weighted by Gasteiger charge is 2.18. The Morgan fingerprint density at radius 2 is 2.31 bits per heavy atom. The fourth-order valence-electron chi connectivity index (χ4n) is 1.10. The number of thiophene rings is 1. The molecule has 1 rings (SSSR count). The number of hydrogen-bond donors (Lipinski definition) is 1. The highest BCUT2D eigenvalue weighted by atomic mass is 35.5. The van der Waals surface area contributed by atoms with E-state index in [-0.39, 0.29) is 0 Å². The summed E-state index contributed by atoms with van der Waals surface area (Å²) in [4.78, 5) is 11.4. The monoisotopic (exact) mass is 261 g/mol. The van der Waals surface area contributed by atoms with Crippen molar-refractivity contribution < 1.29 is 9.53 Å². The number of amides is 1. The second kappa shape index (κ2) is 5.55. The molecule has 3 nitrogen and oxygen atoms in total. The Kier molecular flexibility index (Phi) is 4.62. The maximum Gasteiger partial charge on any atom is 0.408 e. The lowest BCUT2D eigenvalue weighted by atomic mass is 10.2. The van der Waals surface area contributed by atoms with E-state index < -0.39 is 17.2 Å². The van der Waals surface area contributed by atoms with Crippen molar-refractivity contribution in [3.8, 4) is 0 Å². The first-order valence-electron chi connectivity index (χ1n) is 5.01. The molecule has 1 aromatic heterocycles. The van der Waals surface area contributed by atoms with Crippen LogP contribution in [0.3, 0.4) is 0 Å². The summed E-state index contributed by atoms with van der Waals surface area (Å²) in [6.07, 6.45) is 0.118. The maximum absolute atomic E-state index is 11.4. The van der Waals surface area contributed by atoms with E-state index in [2.05, 4.69) is 5.32 Å². The van der Waals surface area contributed by atoms with Crippen LogP contribution in [0.1, 0.15) is 26.3 Å². The number of alkyl carbamates (subject to hydrolysis) is 1. The molecule has 0 aliphatic carbocycles. The third kappa shape index (κ3) is 5.37. The van der Waals surface area contributed by atoms with Crippen molar-refractivity contribution in [2.24, 2.45) is 0 Å². The largest absolute Gasteiger partial charge is 0.444 e. The topological polar surface area (TPSA) is 38.3 Å². The summed E-state index contributed by atoms with van der Waals surface area (Å²) in [7, 11) is 0. The Morgan fingerprint density at radius 3 is 2.81 bits per heavy atom. The van der Waals surface area contributed by atoms with Gasteiger partial charge in [0.15, 0.2) is 0 Å². The summed E-state index contributed by atoms with van der Waals surface area (Å²) in [6, 6.07) is 1.98. The number of carbonyl (C=O) groups is 1. The molecule has 1 unspecified atom stereocenters. The molecule has 0 aliphatic heterocycles. The van der Waals surface area contributed by atoms with E-state index in [1.54, 1.807) is 11.3 Å². The SMILES string of the molecule is CC(C)(C)OC(=O)NC(Cl)Cc1ccsc1. The van der Waals surface area contributed by atoms with Crippen LogP contribution in [-0.4, -0.2) is 17.2 Å². The number of nitrogens with one attached hydrogen (secondary N) is 1. The van der Waals surface area contributed by atoms with Crippen LogP contribution >= 0.6 is 22.9 Å². The number of rotatable bonds is 3. The zero-order valence-corrected chi connectivity index (χ0v) is 11.2. The van der Waals surface area contributed by atoms with Crippen LogP contribution < -0.4 is 5.32 Å². The summed E-state index contributed by atoms with van der Waals surface area (Å²) in [5, 5.41) is 6.57. The van der Waals surface area contributed by atoms with Crippen LogP contribution in [0, 0.1) is 0 Å². The van der Waals surface area contributed by atoms with Gasteiger partial charge in [-0.3, -0.25) is 0 Å². The zero-order chi connectivity index (χ0) is 12.2. The predicted molar refractivity (Wildman–Crippen MR) is 67.0 cm³/mol. The van der Waals surface area contributed by atoms with Crippen LogP contribution in [-0.2, 0) is 11.2 Å². The molecule has 1 aromatic rings. The lowest BCUT2D eigenvalue weighted by Crippen LogP contribution is -2.37. The highest BCUT2D eigenvalue weighted by Crippen LogP contribution is 2.12. The van der Waals surface area contributed by atoms with Crippen LogP contribution in [0.25, 0.3) is 0 Å². The second-order valence-electron chi connectivity index (χ2n) is 4.45. The van der Waals surface area contributed by atoms with Gasteiger partial charge in [0.25, 0.3) is 0 Å². The number of hydrogen-bond acceptors (Lipinski definition) is 3. The van der Waals surface area contributed by atoms with Gasteiger partial charge in [0.2, 0.25) is 0 Å². The molecule has 0 saturated carbocycles. The molecule has 90 valence electrons. The standard InChI is InChI=1S/C11H16ClNO2S/c1-11(2,3)15-10(14)13-9(12)6-8-4-5-16-7-8/h4-5,7,9H,6H2,1-3H3,(H,13,14). The number of halogens is 1. The van der Waals surface area contributed by atoms with Crippen molar-refractivity contribution in [1.82, 2.24) is 5.32 Å². The Morgan fingerprint density at radius 1 is 1.62 bits per heavy atom. The third-order valence-electron chi connectivity index (χ3n) is 1.67. The molecular weight excluding hydrogens is 246 g/mol. The Hall–Kier alpha value is -0.740. The van der Waals surface area contributed by atoms with Crippen molar-refractivity contribution in [3.63, 3.8) is 0 Å². The molecule has 0 aromatic carbocycles. The molecule has 0 aliphatic rings.